The Balaban J connectivity index is 2.05. The maximum atomic E-state index is 12.5. The summed E-state index contributed by atoms with van der Waals surface area (Å²) in [6.45, 7) is 6.18. The molecule has 0 saturated heterocycles. The van der Waals surface area contributed by atoms with Gasteiger partial charge < -0.3 is 21.1 Å². The molecule has 0 radical (unpaired) electrons. The van der Waals surface area contributed by atoms with Gasteiger partial charge in [-0.25, -0.2) is 4.98 Å². The monoisotopic (exact) mass is 356 g/mol. The molecule has 0 saturated carbocycles. The third-order valence-electron chi connectivity index (χ3n) is 3.72. The molecule has 1 atom stereocenters. The number of hydrogen-bond donors (Lipinski definition) is 3. The number of amides is 2. The second kappa shape index (κ2) is 8.84. The normalized spacial score (nSPS) is 11.7. The number of carbonyl (C=O) groups excluding carboxylic acids is 2. The Bertz CT molecular complexity index is 742. The summed E-state index contributed by atoms with van der Waals surface area (Å²) in [5.41, 5.74) is 6.51. The zero-order valence-corrected chi connectivity index (χ0v) is 15.2. The lowest BCUT2D eigenvalue weighted by Crippen LogP contribution is -2.47. The minimum Gasteiger partial charge on any atom is -0.494 e. The summed E-state index contributed by atoms with van der Waals surface area (Å²) in [7, 11) is 0. The fourth-order valence-electron chi connectivity index (χ4n) is 2.33. The average Bonchev–Trinajstić information content (AvgIpc) is 2.62. The van der Waals surface area contributed by atoms with E-state index in [-0.39, 0.29) is 17.7 Å². The molecule has 0 bridgehead atoms. The summed E-state index contributed by atoms with van der Waals surface area (Å²) < 4.78 is 5.36. The summed E-state index contributed by atoms with van der Waals surface area (Å²) in [5.74, 6) is 0.330. The fraction of sp³-hybridized carbons (Fsp3) is 0.316. The highest BCUT2D eigenvalue weighted by Crippen LogP contribution is 2.14. The van der Waals surface area contributed by atoms with Gasteiger partial charge in [0.05, 0.1) is 18.5 Å². The van der Waals surface area contributed by atoms with Crippen molar-refractivity contribution in [1.29, 1.82) is 0 Å². The molecule has 2 amide bonds. The van der Waals surface area contributed by atoms with Crippen molar-refractivity contribution in [3.05, 3.63) is 48.2 Å². The van der Waals surface area contributed by atoms with Gasteiger partial charge in [-0.2, -0.15) is 0 Å². The molecule has 26 heavy (non-hydrogen) atoms. The van der Waals surface area contributed by atoms with Gasteiger partial charge in [-0.1, -0.05) is 13.8 Å². The Hall–Kier alpha value is -3.09. The smallest absolute Gasteiger partial charge is 0.251 e. The van der Waals surface area contributed by atoms with E-state index in [1.807, 2.05) is 20.8 Å². The van der Waals surface area contributed by atoms with Crippen molar-refractivity contribution in [2.45, 2.75) is 26.8 Å². The topological polar surface area (TPSA) is 106 Å². The Kier molecular flexibility index (Phi) is 6.54. The molecular weight excluding hydrogens is 332 g/mol. The SMILES string of the molecule is CCOc1ccc(C(=O)NC(C(=O)Nc2ccc(N)nc2)C(C)C)cc1. The Morgan fingerprint density at radius 2 is 1.85 bits per heavy atom. The molecule has 0 aliphatic carbocycles. The van der Waals surface area contributed by atoms with Crippen molar-refractivity contribution < 1.29 is 14.3 Å². The van der Waals surface area contributed by atoms with Crippen molar-refractivity contribution >= 4 is 23.3 Å². The van der Waals surface area contributed by atoms with E-state index in [9.17, 15) is 9.59 Å². The van der Waals surface area contributed by atoms with E-state index in [0.717, 1.165) is 0 Å². The van der Waals surface area contributed by atoms with E-state index in [4.69, 9.17) is 10.5 Å². The standard InChI is InChI=1S/C19H24N4O3/c1-4-26-15-8-5-13(6-9-15)18(24)23-17(12(2)3)19(25)22-14-7-10-16(20)21-11-14/h5-12,17H,4H2,1-3H3,(H2,20,21)(H,22,25)(H,23,24). The lowest BCUT2D eigenvalue weighted by atomic mass is 10.0. The van der Waals surface area contributed by atoms with Crippen molar-refractivity contribution in [3.8, 4) is 5.75 Å². The van der Waals surface area contributed by atoms with Crippen molar-refractivity contribution in [2.75, 3.05) is 17.7 Å². The van der Waals surface area contributed by atoms with E-state index >= 15 is 0 Å². The predicted molar refractivity (Wildman–Crippen MR) is 101 cm³/mol. The number of rotatable bonds is 7. The lowest BCUT2D eigenvalue weighted by molar-refractivity contribution is -0.118. The van der Waals surface area contributed by atoms with Crippen LogP contribution in [0.4, 0.5) is 11.5 Å². The molecule has 138 valence electrons. The molecule has 0 aliphatic heterocycles. The predicted octanol–water partition coefficient (Wildman–Crippen LogP) is 2.46. The molecule has 1 heterocycles. The molecule has 7 heteroatoms. The van der Waals surface area contributed by atoms with Gasteiger partial charge >= 0.3 is 0 Å². The van der Waals surface area contributed by atoms with Gasteiger partial charge in [0.2, 0.25) is 5.91 Å². The summed E-state index contributed by atoms with van der Waals surface area (Å²) in [5, 5.41) is 5.52. The Morgan fingerprint density at radius 1 is 1.15 bits per heavy atom. The Labute approximate surface area is 153 Å². The van der Waals surface area contributed by atoms with Crippen LogP contribution in [0.2, 0.25) is 0 Å². The number of nitrogen functional groups attached to an aromatic ring is 1. The number of aromatic nitrogens is 1. The van der Waals surface area contributed by atoms with Gasteiger partial charge in [0.25, 0.3) is 5.91 Å². The van der Waals surface area contributed by atoms with E-state index in [1.54, 1.807) is 36.4 Å². The molecule has 0 spiro atoms. The summed E-state index contributed by atoms with van der Waals surface area (Å²) >= 11 is 0. The maximum absolute atomic E-state index is 12.5. The number of nitrogens with two attached hydrogens (primary N) is 1. The second-order valence-corrected chi connectivity index (χ2v) is 6.11. The summed E-state index contributed by atoms with van der Waals surface area (Å²) in [6.07, 6.45) is 1.47. The van der Waals surface area contributed by atoms with Crippen LogP contribution in [0.5, 0.6) is 5.75 Å². The van der Waals surface area contributed by atoms with Gasteiger partial charge in [0.15, 0.2) is 0 Å². The zero-order chi connectivity index (χ0) is 19.1. The summed E-state index contributed by atoms with van der Waals surface area (Å²) in [6, 6.07) is 9.35. The van der Waals surface area contributed by atoms with Crippen LogP contribution in [-0.2, 0) is 4.79 Å². The van der Waals surface area contributed by atoms with Gasteiger partial charge in [-0.3, -0.25) is 9.59 Å². The van der Waals surface area contributed by atoms with Crippen LogP contribution in [0, 0.1) is 5.92 Å². The molecule has 4 N–H and O–H groups in total. The first-order valence-corrected chi connectivity index (χ1v) is 8.46. The molecule has 1 aromatic carbocycles. The number of carbonyl (C=O) groups is 2. The van der Waals surface area contributed by atoms with Crippen LogP contribution in [-0.4, -0.2) is 29.4 Å². The van der Waals surface area contributed by atoms with E-state index in [1.165, 1.54) is 6.20 Å². The Morgan fingerprint density at radius 3 is 2.38 bits per heavy atom. The number of anilines is 2. The minimum atomic E-state index is -0.688. The van der Waals surface area contributed by atoms with Crippen LogP contribution >= 0.6 is 0 Å². The molecular formula is C19H24N4O3. The maximum Gasteiger partial charge on any atom is 0.251 e. The number of nitrogens with zero attached hydrogens (tertiary/aromatic N) is 1. The molecule has 1 aromatic heterocycles. The number of ether oxygens (including phenoxy) is 1. The first-order chi connectivity index (χ1) is 12.4. The zero-order valence-electron chi connectivity index (χ0n) is 15.2. The van der Waals surface area contributed by atoms with Gasteiger partial charge in [0.1, 0.15) is 17.6 Å². The number of hydrogen-bond acceptors (Lipinski definition) is 5. The number of pyridine rings is 1. The number of nitrogens with one attached hydrogen (secondary N) is 2. The van der Waals surface area contributed by atoms with Crippen molar-refractivity contribution in [2.24, 2.45) is 5.92 Å². The highest BCUT2D eigenvalue weighted by molar-refractivity contribution is 6.01. The number of benzene rings is 1. The van der Waals surface area contributed by atoms with Crippen LogP contribution in [0.15, 0.2) is 42.6 Å². The first kappa shape index (κ1) is 19.2. The third-order valence-corrected chi connectivity index (χ3v) is 3.72. The quantitative estimate of drug-likeness (QED) is 0.706. The van der Waals surface area contributed by atoms with Gasteiger partial charge in [-0.15, -0.1) is 0 Å². The van der Waals surface area contributed by atoms with Crippen LogP contribution < -0.4 is 21.1 Å². The highest BCUT2D eigenvalue weighted by atomic mass is 16.5. The highest BCUT2D eigenvalue weighted by Gasteiger charge is 2.25. The van der Waals surface area contributed by atoms with Gasteiger partial charge in [-0.05, 0) is 49.2 Å². The second-order valence-electron chi connectivity index (χ2n) is 6.11. The van der Waals surface area contributed by atoms with Crippen LogP contribution in [0.3, 0.4) is 0 Å². The molecule has 1 unspecified atom stereocenters. The average molecular weight is 356 g/mol. The molecule has 2 aromatic rings. The molecule has 2 rings (SSSR count). The van der Waals surface area contributed by atoms with E-state index in [2.05, 4.69) is 15.6 Å². The van der Waals surface area contributed by atoms with E-state index in [0.29, 0.717) is 29.4 Å². The van der Waals surface area contributed by atoms with Crippen molar-refractivity contribution in [1.82, 2.24) is 10.3 Å². The minimum absolute atomic E-state index is 0.0941. The third kappa shape index (κ3) is 5.20. The van der Waals surface area contributed by atoms with Crippen LogP contribution in [0.1, 0.15) is 31.1 Å². The first-order valence-electron chi connectivity index (χ1n) is 8.46. The van der Waals surface area contributed by atoms with Gasteiger partial charge in [0, 0.05) is 5.56 Å². The van der Waals surface area contributed by atoms with Crippen LogP contribution in [0.25, 0.3) is 0 Å². The lowest BCUT2D eigenvalue weighted by Gasteiger charge is -2.21. The van der Waals surface area contributed by atoms with E-state index < -0.39 is 6.04 Å². The largest absolute Gasteiger partial charge is 0.494 e. The van der Waals surface area contributed by atoms with Crippen molar-refractivity contribution in [3.63, 3.8) is 0 Å². The molecule has 0 fully saturated rings. The molecule has 7 nitrogen and oxygen atoms in total. The summed E-state index contributed by atoms with van der Waals surface area (Å²) in [4.78, 5) is 28.9. The molecule has 0 aliphatic rings. The fourth-order valence-corrected chi connectivity index (χ4v) is 2.33.